The summed E-state index contributed by atoms with van der Waals surface area (Å²) < 4.78 is 20.5. The van der Waals surface area contributed by atoms with Gasteiger partial charge in [0, 0.05) is 21.3 Å². The van der Waals surface area contributed by atoms with Crippen LogP contribution in [0.4, 0.5) is 0 Å². The summed E-state index contributed by atoms with van der Waals surface area (Å²) in [6, 6.07) is 0. The van der Waals surface area contributed by atoms with Crippen LogP contribution in [0.2, 0.25) is 0 Å². The second kappa shape index (κ2) is 7.00. The summed E-state index contributed by atoms with van der Waals surface area (Å²) in [7, 11) is 2.14. The molecule has 18 heavy (non-hydrogen) atoms. The summed E-state index contributed by atoms with van der Waals surface area (Å²) >= 11 is 0. The summed E-state index contributed by atoms with van der Waals surface area (Å²) in [6.45, 7) is 2.76. The SMILES string of the molecule is CCC(n1cc[n+](CCO)c1)[Si](OC)(OC)OC. The zero-order valence-electron chi connectivity index (χ0n) is 11.5. The largest absolute Gasteiger partial charge is 0.547 e. The van der Waals surface area contributed by atoms with Crippen molar-refractivity contribution in [1.29, 1.82) is 0 Å². The van der Waals surface area contributed by atoms with Gasteiger partial charge in [-0.25, -0.2) is 9.13 Å². The lowest BCUT2D eigenvalue weighted by Crippen LogP contribution is -2.51. The minimum atomic E-state index is -2.71. The molecule has 1 aromatic rings. The molecule has 0 amide bonds. The third-order valence-electron chi connectivity index (χ3n) is 3.08. The van der Waals surface area contributed by atoms with Crippen LogP contribution in [0.3, 0.4) is 0 Å². The van der Waals surface area contributed by atoms with Crippen LogP contribution >= 0.6 is 0 Å². The molecule has 6 nitrogen and oxygen atoms in total. The third-order valence-corrected chi connectivity index (χ3v) is 6.31. The predicted octanol–water partition coefficient (Wildman–Crippen LogP) is 0.136. The molecule has 1 N–H and O–H groups in total. The molecular formula is C11H23N2O4Si+. The van der Waals surface area contributed by atoms with E-state index in [9.17, 15) is 0 Å². The van der Waals surface area contributed by atoms with E-state index in [0.29, 0.717) is 6.54 Å². The van der Waals surface area contributed by atoms with Gasteiger partial charge in [-0.15, -0.1) is 0 Å². The van der Waals surface area contributed by atoms with E-state index >= 15 is 0 Å². The zero-order chi connectivity index (χ0) is 13.6. The fourth-order valence-corrected chi connectivity index (χ4v) is 4.48. The third kappa shape index (κ3) is 2.98. The van der Waals surface area contributed by atoms with Gasteiger partial charge in [0.25, 0.3) is 0 Å². The first kappa shape index (κ1) is 15.3. The van der Waals surface area contributed by atoms with Gasteiger partial charge in [-0.05, 0) is 6.42 Å². The van der Waals surface area contributed by atoms with Crippen molar-refractivity contribution >= 4 is 8.80 Å². The monoisotopic (exact) mass is 275 g/mol. The average molecular weight is 275 g/mol. The number of hydrogen-bond donors (Lipinski definition) is 1. The van der Waals surface area contributed by atoms with Gasteiger partial charge >= 0.3 is 8.80 Å². The number of aromatic nitrogens is 2. The fraction of sp³-hybridized carbons (Fsp3) is 0.727. The van der Waals surface area contributed by atoms with E-state index in [1.165, 1.54) is 0 Å². The van der Waals surface area contributed by atoms with Crippen LogP contribution in [-0.4, -0.2) is 46.4 Å². The molecule has 0 aliphatic heterocycles. The molecule has 1 heterocycles. The quantitative estimate of drug-likeness (QED) is 0.541. The maximum atomic E-state index is 8.93. The van der Waals surface area contributed by atoms with Gasteiger partial charge in [0.15, 0.2) is 5.67 Å². The number of aliphatic hydroxyl groups excluding tert-OH is 1. The molecule has 0 aromatic carbocycles. The number of rotatable bonds is 8. The Morgan fingerprint density at radius 2 is 1.89 bits per heavy atom. The standard InChI is InChI=1S/C11H23N2O4Si/c1-5-11(18(15-2,16-3)17-4)13-7-6-12(10-13)8-9-14/h6-7,10-11,14H,5,8-9H2,1-4H3/q+1. The van der Waals surface area contributed by atoms with Gasteiger partial charge in [-0.3, -0.25) is 0 Å². The number of aliphatic hydroxyl groups is 1. The summed E-state index contributed by atoms with van der Waals surface area (Å²) in [5.74, 6) is 0. The van der Waals surface area contributed by atoms with Gasteiger partial charge in [0.2, 0.25) is 6.33 Å². The van der Waals surface area contributed by atoms with Crippen LogP contribution in [0, 0.1) is 0 Å². The fourth-order valence-electron chi connectivity index (χ4n) is 2.14. The summed E-state index contributed by atoms with van der Waals surface area (Å²) in [5, 5.41) is 8.93. The molecule has 1 unspecified atom stereocenters. The van der Waals surface area contributed by atoms with Crippen molar-refractivity contribution in [3.8, 4) is 0 Å². The Labute approximate surface area is 109 Å². The van der Waals surface area contributed by atoms with Crippen molar-refractivity contribution in [2.75, 3.05) is 27.9 Å². The Balaban J connectivity index is 2.99. The molecule has 1 atom stereocenters. The Bertz CT molecular complexity index is 346. The summed E-state index contributed by atoms with van der Waals surface area (Å²) in [4.78, 5) is 0. The maximum Gasteiger partial charge on any atom is 0.547 e. The lowest BCUT2D eigenvalue weighted by molar-refractivity contribution is -0.697. The minimum Gasteiger partial charge on any atom is -0.392 e. The second-order valence-corrected chi connectivity index (χ2v) is 7.06. The summed E-state index contributed by atoms with van der Waals surface area (Å²) in [5.41, 5.74) is 0.0254. The highest BCUT2D eigenvalue weighted by atomic mass is 28.4. The van der Waals surface area contributed by atoms with Crippen LogP contribution in [0.1, 0.15) is 19.0 Å². The van der Waals surface area contributed by atoms with Crippen molar-refractivity contribution in [1.82, 2.24) is 4.57 Å². The lowest BCUT2D eigenvalue weighted by atomic mass is 10.5. The highest BCUT2D eigenvalue weighted by Crippen LogP contribution is 2.25. The molecule has 0 saturated carbocycles. The topological polar surface area (TPSA) is 56.7 Å². The Hall–Kier alpha value is -0.733. The molecule has 7 heteroatoms. The van der Waals surface area contributed by atoms with Crippen molar-refractivity contribution in [2.45, 2.75) is 25.6 Å². The minimum absolute atomic E-state index is 0.0254. The van der Waals surface area contributed by atoms with Gasteiger partial charge in [0.05, 0.1) is 6.61 Å². The highest BCUT2D eigenvalue weighted by Gasteiger charge is 2.50. The van der Waals surface area contributed by atoms with Crippen LogP contribution < -0.4 is 4.57 Å². The normalized spacial score (nSPS) is 13.8. The van der Waals surface area contributed by atoms with Crippen molar-refractivity contribution in [3.63, 3.8) is 0 Å². The van der Waals surface area contributed by atoms with Crippen LogP contribution in [-0.2, 0) is 19.8 Å². The smallest absolute Gasteiger partial charge is 0.392 e. The van der Waals surface area contributed by atoms with E-state index in [1.54, 1.807) is 21.3 Å². The van der Waals surface area contributed by atoms with Crippen molar-refractivity contribution in [3.05, 3.63) is 18.7 Å². The van der Waals surface area contributed by atoms with E-state index < -0.39 is 8.80 Å². The van der Waals surface area contributed by atoms with Crippen LogP contribution in [0.15, 0.2) is 18.7 Å². The van der Waals surface area contributed by atoms with Gasteiger partial charge in [0.1, 0.15) is 18.9 Å². The molecule has 104 valence electrons. The van der Waals surface area contributed by atoms with Gasteiger partial charge in [-0.1, -0.05) is 6.92 Å². The van der Waals surface area contributed by atoms with Crippen molar-refractivity contribution in [2.24, 2.45) is 0 Å². The Kier molecular flexibility index (Phi) is 5.96. The average Bonchev–Trinajstić information content (AvgIpc) is 2.85. The van der Waals surface area contributed by atoms with E-state index in [-0.39, 0.29) is 12.3 Å². The van der Waals surface area contributed by atoms with Crippen LogP contribution in [0.25, 0.3) is 0 Å². The van der Waals surface area contributed by atoms with E-state index in [4.69, 9.17) is 18.4 Å². The van der Waals surface area contributed by atoms with Crippen molar-refractivity contribution < 1.29 is 23.0 Å². The number of imidazole rings is 1. The molecule has 1 rings (SSSR count). The summed E-state index contributed by atoms with van der Waals surface area (Å²) in [6.07, 6.45) is 6.64. The predicted molar refractivity (Wildman–Crippen MR) is 67.8 cm³/mol. The molecular weight excluding hydrogens is 252 g/mol. The van der Waals surface area contributed by atoms with Crippen LogP contribution in [0.5, 0.6) is 0 Å². The molecule has 1 aromatic heterocycles. The first-order chi connectivity index (χ1) is 8.67. The Morgan fingerprint density at radius 1 is 1.28 bits per heavy atom. The lowest BCUT2D eigenvalue weighted by Gasteiger charge is -2.29. The number of hydrogen-bond acceptors (Lipinski definition) is 4. The second-order valence-electron chi connectivity index (χ2n) is 3.96. The maximum absolute atomic E-state index is 8.93. The molecule has 0 saturated heterocycles. The number of nitrogens with zero attached hydrogens (tertiary/aromatic N) is 2. The first-order valence-corrected chi connectivity index (χ1v) is 7.80. The molecule has 0 aliphatic carbocycles. The zero-order valence-corrected chi connectivity index (χ0v) is 12.5. The van der Waals surface area contributed by atoms with Gasteiger partial charge in [-0.2, -0.15) is 0 Å². The molecule has 0 aliphatic rings. The van der Waals surface area contributed by atoms with E-state index in [2.05, 4.69) is 6.92 Å². The highest BCUT2D eigenvalue weighted by molar-refractivity contribution is 6.61. The molecule has 0 bridgehead atoms. The molecule has 0 fully saturated rings. The Morgan fingerprint density at radius 3 is 2.33 bits per heavy atom. The van der Waals surface area contributed by atoms with E-state index in [0.717, 1.165) is 6.42 Å². The van der Waals surface area contributed by atoms with E-state index in [1.807, 2.05) is 27.9 Å². The first-order valence-electron chi connectivity index (χ1n) is 6.00. The van der Waals surface area contributed by atoms with Gasteiger partial charge < -0.3 is 18.4 Å². The molecule has 0 radical (unpaired) electrons. The molecule has 0 spiro atoms.